The number of aromatic nitrogens is 1. The molecule has 0 atom stereocenters. The number of nitrogens with zero attached hydrogens (tertiary/aromatic N) is 2. The van der Waals surface area contributed by atoms with Gasteiger partial charge in [0.05, 0.1) is 28.4 Å². The van der Waals surface area contributed by atoms with Crippen molar-refractivity contribution in [3.05, 3.63) is 53.3 Å². The molecule has 0 aliphatic carbocycles. The third-order valence-corrected chi connectivity index (χ3v) is 7.59. The number of anilines is 1. The molecule has 1 saturated heterocycles. The largest absolute Gasteiger partial charge is 0.452 e. The molecule has 1 aliphatic heterocycles. The lowest BCUT2D eigenvalue weighted by molar-refractivity contribution is -0.119. The Morgan fingerprint density at radius 2 is 1.88 bits per heavy atom. The van der Waals surface area contributed by atoms with Crippen LogP contribution in [0.4, 0.5) is 18.3 Å². The summed E-state index contributed by atoms with van der Waals surface area (Å²) in [6.07, 6.45) is 0. The molecule has 9 nitrogen and oxygen atoms in total. The van der Waals surface area contributed by atoms with Crippen molar-refractivity contribution in [2.45, 2.75) is 4.90 Å². The molecule has 34 heavy (non-hydrogen) atoms. The first-order chi connectivity index (χ1) is 16.2. The van der Waals surface area contributed by atoms with Crippen molar-refractivity contribution >= 4 is 48.6 Å². The lowest BCUT2D eigenvalue weighted by Crippen LogP contribution is -2.40. The summed E-state index contributed by atoms with van der Waals surface area (Å²) in [6.45, 7) is 0.140. The minimum Gasteiger partial charge on any atom is -0.452 e. The van der Waals surface area contributed by atoms with Crippen LogP contribution in [-0.2, 0) is 24.3 Å². The van der Waals surface area contributed by atoms with E-state index in [0.29, 0.717) is 11.3 Å². The highest BCUT2D eigenvalue weighted by Gasteiger charge is 2.27. The fourth-order valence-electron chi connectivity index (χ4n) is 3.12. The number of amides is 1. The summed E-state index contributed by atoms with van der Waals surface area (Å²) in [7, 11) is -3.84. The number of carbonyl (C=O) groups excluding carboxylic acids is 2. The molecule has 1 aromatic heterocycles. The third-order valence-electron chi connectivity index (χ3n) is 4.78. The van der Waals surface area contributed by atoms with Crippen LogP contribution in [0.5, 0.6) is 0 Å². The highest BCUT2D eigenvalue weighted by molar-refractivity contribution is 7.89. The Balaban J connectivity index is 1.40. The number of morpholine rings is 1. The van der Waals surface area contributed by atoms with Crippen LogP contribution in [0.2, 0.25) is 0 Å². The van der Waals surface area contributed by atoms with Crippen LogP contribution in [0, 0.1) is 17.5 Å². The van der Waals surface area contributed by atoms with Crippen molar-refractivity contribution in [3.63, 3.8) is 0 Å². The lowest BCUT2D eigenvalue weighted by Gasteiger charge is -2.26. The zero-order valence-corrected chi connectivity index (χ0v) is 18.8. The van der Waals surface area contributed by atoms with E-state index >= 15 is 0 Å². The lowest BCUT2D eigenvalue weighted by atomic mass is 10.2. The summed E-state index contributed by atoms with van der Waals surface area (Å²) in [6, 6.07) is 5.94. The zero-order chi connectivity index (χ0) is 24.5. The van der Waals surface area contributed by atoms with Crippen molar-refractivity contribution in [2.75, 3.05) is 38.2 Å². The third kappa shape index (κ3) is 4.89. The van der Waals surface area contributed by atoms with Crippen molar-refractivity contribution in [1.82, 2.24) is 9.29 Å². The molecule has 180 valence electrons. The van der Waals surface area contributed by atoms with Gasteiger partial charge in [0, 0.05) is 13.1 Å². The number of rotatable bonds is 6. The number of thiazole rings is 1. The predicted octanol–water partition coefficient (Wildman–Crippen LogP) is 2.53. The number of carbonyl (C=O) groups is 2. The first-order valence-electron chi connectivity index (χ1n) is 9.76. The van der Waals surface area contributed by atoms with Gasteiger partial charge in [-0.15, -0.1) is 0 Å². The van der Waals surface area contributed by atoms with E-state index in [1.165, 1.54) is 22.5 Å². The Bertz CT molecular complexity index is 1370. The molecular weight excluding hydrogens is 499 g/mol. The van der Waals surface area contributed by atoms with Gasteiger partial charge in [0.1, 0.15) is 5.52 Å². The SMILES string of the molecule is O=C(COC(=O)c1cccc(S(=O)(=O)N2CCOCC2)c1)Nc1nc2c(F)c(F)c(F)cc2s1. The van der Waals surface area contributed by atoms with Gasteiger partial charge in [0.25, 0.3) is 5.91 Å². The van der Waals surface area contributed by atoms with Crippen LogP contribution in [0.3, 0.4) is 0 Å². The van der Waals surface area contributed by atoms with Gasteiger partial charge in [-0.1, -0.05) is 17.4 Å². The maximum atomic E-state index is 13.8. The number of hydrogen-bond acceptors (Lipinski definition) is 8. The highest BCUT2D eigenvalue weighted by Crippen LogP contribution is 2.30. The van der Waals surface area contributed by atoms with Gasteiger partial charge in [-0.05, 0) is 24.3 Å². The number of hydrogen-bond donors (Lipinski definition) is 1. The molecule has 1 aliphatic rings. The average molecular weight is 515 g/mol. The average Bonchev–Trinajstić information content (AvgIpc) is 3.23. The van der Waals surface area contributed by atoms with Crippen LogP contribution in [-0.4, -0.2) is 62.5 Å². The molecule has 1 fully saturated rings. The van der Waals surface area contributed by atoms with Gasteiger partial charge in [0.15, 0.2) is 29.2 Å². The molecule has 0 radical (unpaired) electrons. The zero-order valence-electron chi connectivity index (χ0n) is 17.2. The standard InChI is InChI=1S/C20H16F3N3O6S2/c21-13-9-14-18(17(23)16(13)22)25-20(33-14)24-15(27)10-32-19(28)11-2-1-3-12(8-11)34(29,30)26-4-6-31-7-5-26/h1-3,8-9H,4-7,10H2,(H,24,25,27). The fraction of sp³-hybridized carbons (Fsp3) is 0.250. The van der Waals surface area contributed by atoms with Crippen LogP contribution < -0.4 is 5.32 Å². The maximum Gasteiger partial charge on any atom is 0.338 e. The number of ether oxygens (including phenoxy) is 2. The van der Waals surface area contributed by atoms with Crippen LogP contribution in [0.15, 0.2) is 35.2 Å². The second-order valence-electron chi connectivity index (χ2n) is 7.02. The van der Waals surface area contributed by atoms with Gasteiger partial charge >= 0.3 is 5.97 Å². The Morgan fingerprint density at radius 1 is 1.15 bits per heavy atom. The van der Waals surface area contributed by atoms with E-state index < -0.39 is 51.5 Å². The molecule has 2 aromatic carbocycles. The van der Waals surface area contributed by atoms with E-state index in [9.17, 15) is 31.2 Å². The molecule has 4 rings (SSSR count). The maximum absolute atomic E-state index is 13.8. The van der Waals surface area contributed by atoms with Crippen LogP contribution >= 0.6 is 11.3 Å². The predicted molar refractivity (Wildman–Crippen MR) is 114 cm³/mol. The Hall–Kier alpha value is -3.07. The minimum atomic E-state index is -3.84. The van der Waals surface area contributed by atoms with E-state index in [4.69, 9.17) is 9.47 Å². The van der Waals surface area contributed by atoms with E-state index in [1.54, 1.807) is 0 Å². The normalized spacial score (nSPS) is 14.8. The van der Waals surface area contributed by atoms with Crippen LogP contribution in [0.1, 0.15) is 10.4 Å². The summed E-state index contributed by atoms with van der Waals surface area (Å²) >= 11 is 0.701. The fourth-order valence-corrected chi connectivity index (χ4v) is 5.48. The van der Waals surface area contributed by atoms with Gasteiger partial charge in [-0.3, -0.25) is 10.1 Å². The van der Waals surface area contributed by atoms with Gasteiger partial charge in [-0.2, -0.15) is 4.31 Å². The van der Waals surface area contributed by atoms with Crippen molar-refractivity contribution in [2.24, 2.45) is 0 Å². The molecule has 14 heteroatoms. The molecule has 1 amide bonds. The Kier molecular flexibility index (Phi) is 6.84. The first-order valence-corrected chi connectivity index (χ1v) is 12.0. The Morgan fingerprint density at radius 3 is 2.62 bits per heavy atom. The quantitative estimate of drug-likeness (QED) is 0.396. The topological polar surface area (TPSA) is 115 Å². The van der Waals surface area contributed by atoms with Gasteiger partial charge in [-0.25, -0.2) is 31.4 Å². The number of nitrogens with one attached hydrogen (secondary N) is 1. The number of fused-ring (bicyclic) bond motifs is 1. The summed E-state index contributed by atoms with van der Waals surface area (Å²) in [5, 5.41) is 2.09. The summed E-state index contributed by atoms with van der Waals surface area (Å²) in [5.41, 5.74) is -0.537. The summed E-state index contributed by atoms with van der Waals surface area (Å²) in [5.74, 6) is -6.34. The number of sulfonamides is 1. The first kappa shape index (κ1) is 24.1. The van der Waals surface area contributed by atoms with Crippen molar-refractivity contribution in [1.29, 1.82) is 0 Å². The number of halogens is 3. The molecule has 1 N–H and O–H groups in total. The van der Waals surface area contributed by atoms with E-state index in [0.717, 1.165) is 12.1 Å². The Labute approximate surface area is 195 Å². The second kappa shape index (κ2) is 9.66. The van der Waals surface area contributed by atoms with E-state index in [2.05, 4.69) is 10.3 Å². The van der Waals surface area contributed by atoms with Crippen LogP contribution in [0.25, 0.3) is 10.2 Å². The molecule has 0 spiro atoms. The van der Waals surface area contributed by atoms with Crippen molar-refractivity contribution in [3.8, 4) is 0 Å². The molecule has 2 heterocycles. The molecule has 0 saturated carbocycles. The van der Waals surface area contributed by atoms with Gasteiger partial charge < -0.3 is 9.47 Å². The summed E-state index contributed by atoms with van der Waals surface area (Å²) < 4.78 is 77.2. The summed E-state index contributed by atoms with van der Waals surface area (Å²) in [4.78, 5) is 28.0. The number of benzene rings is 2. The smallest absolute Gasteiger partial charge is 0.338 e. The molecule has 3 aromatic rings. The molecule has 0 bridgehead atoms. The second-order valence-corrected chi connectivity index (χ2v) is 9.99. The van der Waals surface area contributed by atoms with Crippen molar-refractivity contribution < 1.29 is 40.7 Å². The molecular formula is C20H16F3N3O6S2. The minimum absolute atomic E-state index is 0.0259. The van der Waals surface area contributed by atoms with E-state index in [-0.39, 0.29) is 46.6 Å². The highest BCUT2D eigenvalue weighted by atomic mass is 32.2. The molecule has 0 unspecified atom stereocenters. The monoisotopic (exact) mass is 515 g/mol. The van der Waals surface area contributed by atoms with E-state index in [1.807, 2.05) is 0 Å². The number of esters is 1. The van der Waals surface area contributed by atoms with Gasteiger partial charge in [0.2, 0.25) is 10.0 Å².